The first-order valence-corrected chi connectivity index (χ1v) is 9.24. The van der Waals surface area contributed by atoms with Crippen LogP contribution >= 0.6 is 0 Å². The molecule has 3 aromatic rings. The van der Waals surface area contributed by atoms with Gasteiger partial charge in [0.2, 0.25) is 10.0 Å². The molecule has 0 spiro atoms. The Balaban J connectivity index is 1.70. The Kier molecular flexibility index (Phi) is 3.63. The molecule has 0 aliphatic heterocycles. The number of nitrogens with two attached hydrogens (primary N) is 1. The molecule has 6 heteroatoms. The minimum atomic E-state index is -3.69. The third-order valence-electron chi connectivity index (χ3n) is 4.13. The average Bonchev–Trinajstić information content (AvgIpc) is 2.94. The summed E-state index contributed by atoms with van der Waals surface area (Å²) >= 11 is 0. The van der Waals surface area contributed by atoms with Crippen molar-refractivity contribution in [1.29, 1.82) is 0 Å². The molecule has 25 heavy (non-hydrogen) atoms. The molecule has 0 saturated heterocycles. The van der Waals surface area contributed by atoms with Crippen LogP contribution in [-0.2, 0) is 10.0 Å². The molecule has 0 saturated carbocycles. The molecule has 0 amide bonds. The topological polar surface area (TPSA) is 84.5 Å². The van der Waals surface area contributed by atoms with Gasteiger partial charge >= 0.3 is 0 Å². The Labute approximate surface area is 145 Å². The van der Waals surface area contributed by atoms with E-state index < -0.39 is 10.0 Å². The number of fused-ring (bicyclic) bond motifs is 3. The lowest BCUT2D eigenvalue weighted by atomic mass is 10.1. The van der Waals surface area contributed by atoms with E-state index in [4.69, 9.17) is 5.14 Å². The van der Waals surface area contributed by atoms with Crippen molar-refractivity contribution in [3.05, 3.63) is 83.9 Å². The molecule has 124 valence electrons. The van der Waals surface area contributed by atoms with Crippen LogP contribution in [0.3, 0.4) is 0 Å². The van der Waals surface area contributed by atoms with E-state index in [0.29, 0.717) is 5.69 Å². The van der Waals surface area contributed by atoms with E-state index in [2.05, 4.69) is 22.7 Å². The van der Waals surface area contributed by atoms with Crippen molar-refractivity contribution < 1.29 is 8.42 Å². The number of hydrogen-bond acceptors (Lipinski definition) is 4. The van der Waals surface area contributed by atoms with E-state index in [-0.39, 0.29) is 4.90 Å². The molecule has 3 N–H and O–H groups in total. The number of benzene rings is 3. The minimum absolute atomic E-state index is 0.0715. The number of primary sulfonamides is 1. The van der Waals surface area contributed by atoms with Crippen LogP contribution in [0.4, 0.5) is 5.69 Å². The molecule has 3 aromatic carbocycles. The lowest BCUT2D eigenvalue weighted by Gasteiger charge is -2.05. The number of nitrogens with zero attached hydrogens (tertiary/aromatic N) is 1. The highest BCUT2D eigenvalue weighted by Crippen LogP contribution is 2.36. The molecular formula is C19H15N3O2S. The van der Waals surface area contributed by atoms with Gasteiger partial charge in [0, 0.05) is 11.1 Å². The summed E-state index contributed by atoms with van der Waals surface area (Å²) in [4.78, 5) is 0.0715. The Morgan fingerprint density at radius 2 is 1.20 bits per heavy atom. The van der Waals surface area contributed by atoms with Gasteiger partial charge in [0.15, 0.2) is 0 Å². The van der Waals surface area contributed by atoms with Gasteiger partial charge in [-0.25, -0.2) is 13.6 Å². The van der Waals surface area contributed by atoms with Gasteiger partial charge < -0.3 is 0 Å². The van der Waals surface area contributed by atoms with Gasteiger partial charge in [0.25, 0.3) is 0 Å². The molecule has 0 atom stereocenters. The Morgan fingerprint density at radius 1 is 0.720 bits per heavy atom. The van der Waals surface area contributed by atoms with Gasteiger partial charge in [-0.2, -0.15) is 5.10 Å². The minimum Gasteiger partial charge on any atom is -0.278 e. The van der Waals surface area contributed by atoms with Crippen molar-refractivity contribution in [2.45, 2.75) is 4.90 Å². The van der Waals surface area contributed by atoms with Gasteiger partial charge in [-0.05, 0) is 35.4 Å². The van der Waals surface area contributed by atoms with Gasteiger partial charge in [-0.3, -0.25) is 5.43 Å². The summed E-state index contributed by atoms with van der Waals surface area (Å²) in [5.74, 6) is 0. The summed E-state index contributed by atoms with van der Waals surface area (Å²) in [5.41, 5.74) is 8.99. The zero-order valence-corrected chi connectivity index (χ0v) is 14.0. The molecule has 5 nitrogen and oxygen atoms in total. The predicted octanol–water partition coefficient (Wildman–Crippen LogP) is 3.18. The quantitative estimate of drug-likeness (QED) is 0.557. The van der Waals surface area contributed by atoms with Crippen molar-refractivity contribution >= 4 is 21.4 Å². The van der Waals surface area contributed by atoms with Crippen LogP contribution in [0.15, 0.2) is 82.8 Å². The molecule has 1 aliphatic carbocycles. The standard InChI is InChI=1S/C19H15N3O2S/c20-25(23,24)14-11-9-13(10-12-14)21-22-19-17-7-3-1-5-15(17)16-6-2-4-8-18(16)19/h1-12,21H,(H2,20,23,24). The molecule has 0 heterocycles. The first-order valence-electron chi connectivity index (χ1n) is 7.70. The van der Waals surface area contributed by atoms with E-state index in [9.17, 15) is 8.42 Å². The molecule has 4 rings (SSSR count). The van der Waals surface area contributed by atoms with E-state index in [1.54, 1.807) is 12.1 Å². The van der Waals surface area contributed by atoms with Crippen molar-refractivity contribution in [2.75, 3.05) is 5.43 Å². The molecule has 1 aliphatic rings. The first-order chi connectivity index (χ1) is 12.0. The fraction of sp³-hybridized carbons (Fsp3) is 0. The highest BCUT2D eigenvalue weighted by atomic mass is 32.2. The molecule has 0 radical (unpaired) electrons. The summed E-state index contributed by atoms with van der Waals surface area (Å²) in [7, 11) is -3.69. The van der Waals surface area contributed by atoms with Crippen LogP contribution in [0.5, 0.6) is 0 Å². The number of hydrazone groups is 1. The van der Waals surface area contributed by atoms with Gasteiger partial charge in [-0.15, -0.1) is 0 Å². The molecule has 0 aromatic heterocycles. The second kappa shape index (κ2) is 5.84. The monoisotopic (exact) mass is 349 g/mol. The lowest BCUT2D eigenvalue weighted by Crippen LogP contribution is -2.11. The van der Waals surface area contributed by atoms with Crippen molar-refractivity contribution in [2.24, 2.45) is 10.2 Å². The molecule has 0 fully saturated rings. The first kappa shape index (κ1) is 15.6. The maximum Gasteiger partial charge on any atom is 0.238 e. The molecule has 0 bridgehead atoms. The Bertz CT molecular complexity index is 1040. The lowest BCUT2D eigenvalue weighted by molar-refractivity contribution is 0.598. The predicted molar refractivity (Wildman–Crippen MR) is 99.0 cm³/mol. The fourth-order valence-corrected chi connectivity index (χ4v) is 3.47. The van der Waals surface area contributed by atoms with Crippen LogP contribution in [0, 0.1) is 0 Å². The summed E-state index contributed by atoms with van der Waals surface area (Å²) in [6.07, 6.45) is 0. The SMILES string of the molecule is NS(=O)(=O)c1ccc(NN=C2c3ccccc3-c3ccccc32)cc1. The Morgan fingerprint density at radius 3 is 1.68 bits per heavy atom. The van der Waals surface area contributed by atoms with Crippen LogP contribution in [0.25, 0.3) is 11.1 Å². The van der Waals surface area contributed by atoms with Crippen LogP contribution in [0.1, 0.15) is 11.1 Å². The van der Waals surface area contributed by atoms with Crippen molar-refractivity contribution in [3.63, 3.8) is 0 Å². The third kappa shape index (κ3) is 2.82. The molecule has 0 unspecified atom stereocenters. The number of sulfonamides is 1. The van der Waals surface area contributed by atoms with E-state index in [1.165, 1.54) is 12.1 Å². The number of hydrogen-bond donors (Lipinski definition) is 2. The summed E-state index contributed by atoms with van der Waals surface area (Å²) in [6.45, 7) is 0. The largest absolute Gasteiger partial charge is 0.278 e. The summed E-state index contributed by atoms with van der Waals surface area (Å²) in [5, 5.41) is 9.66. The maximum atomic E-state index is 11.3. The highest BCUT2D eigenvalue weighted by Gasteiger charge is 2.23. The fourth-order valence-electron chi connectivity index (χ4n) is 2.95. The zero-order chi connectivity index (χ0) is 17.4. The van der Waals surface area contributed by atoms with Gasteiger partial charge in [-0.1, -0.05) is 48.5 Å². The van der Waals surface area contributed by atoms with Gasteiger partial charge in [0.05, 0.1) is 16.3 Å². The maximum absolute atomic E-state index is 11.3. The van der Waals surface area contributed by atoms with E-state index >= 15 is 0 Å². The van der Waals surface area contributed by atoms with Crippen LogP contribution in [-0.4, -0.2) is 14.1 Å². The second-order valence-electron chi connectivity index (χ2n) is 5.73. The van der Waals surface area contributed by atoms with Crippen molar-refractivity contribution in [3.8, 4) is 11.1 Å². The number of rotatable bonds is 3. The normalized spacial score (nSPS) is 12.4. The molecular weight excluding hydrogens is 334 g/mol. The number of anilines is 1. The Hall–Kier alpha value is -2.96. The smallest absolute Gasteiger partial charge is 0.238 e. The third-order valence-corrected chi connectivity index (χ3v) is 5.06. The van der Waals surface area contributed by atoms with Crippen LogP contribution < -0.4 is 10.6 Å². The average molecular weight is 349 g/mol. The van der Waals surface area contributed by atoms with E-state index in [1.807, 2.05) is 36.4 Å². The number of nitrogens with one attached hydrogen (secondary N) is 1. The zero-order valence-electron chi connectivity index (χ0n) is 13.2. The van der Waals surface area contributed by atoms with Crippen molar-refractivity contribution in [1.82, 2.24) is 0 Å². The summed E-state index contributed by atoms with van der Waals surface area (Å²) < 4.78 is 22.6. The highest BCUT2D eigenvalue weighted by molar-refractivity contribution is 7.89. The van der Waals surface area contributed by atoms with Gasteiger partial charge in [0.1, 0.15) is 0 Å². The second-order valence-corrected chi connectivity index (χ2v) is 7.29. The summed E-state index contributed by atoms with van der Waals surface area (Å²) in [6, 6.07) is 22.4. The van der Waals surface area contributed by atoms with E-state index in [0.717, 1.165) is 28.0 Å². The van der Waals surface area contributed by atoms with Crippen LogP contribution in [0.2, 0.25) is 0 Å².